The smallest absolute Gasteiger partial charge is 0.0494 e. The number of likely N-dealkylation sites (N-methyl/N-ethyl adjacent to an activating group) is 1. The highest BCUT2D eigenvalue weighted by molar-refractivity contribution is 9.10. The Bertz CT molecular complexity index is 468. The van der Waals surface area contributed by atoms with E-state index in [1.807, 2.05) is 19.3 Å². The number of hydrogen-bond acceptors (Lipinski definition) is 2. The minimum Gasteiger partial charge on any atom is -0.319 e. The van der Waals surface area contributed by atoms with Crippen LogP contribution in [0.4, 0.5) is 0 Å². The maximum atomic E-state index is 4.42. The SMILES string of the molecule is CNCCc1nccc2cc(Br)ccc12. The van der Waals surface area contributed by atoms with Crippen molar-refractivity contribution in [2.24, 2.45) is 0 Å². The topological polar surface area (TPSA) is 24.9 Å². The van der Waals surface area contributed by atoms with Gasteiger partial charge in [-0.05, 0) is 30.6 Å². The van der Waals surface area contributed by atoms with Crippen molar-refractivity contribution in [3.05, 3.63) is 40.6 Å². The van der Waals surface area contributed by atoms with Crippen LogP contribution in [-0.4, -0.2) is 18.6 Å². The van der Waals surface area contributed by atoms with Gasteiger partial charge in [0.2, 0.25) is 0 Å². The van der Waals surface area contributed by atoms with Crippen molar-refractivity contribution >= 4 is 26.7 Å². The van der Waals surface area contributed by atoms with E-state index in [1.165, 1.54) is 10.8 Å². The van der Waals surface area contributed by atoms with Crippen LogP contribution in [0.25, 0.3) is 10.8 Å². The summed E-state index contributed by atoms with van der Waals surface area (Å²) < 4.78 is 1.11. The standard InChI is InChI=1S/C12H13BrN2/c1-14-6-5-12-11-3-2-10(13)8-9(11)4-7-15-12/h2-4,7-8,14H,5-6H2,1H3. The molecule has 0 bridgehead atoms. The predicted octanol–water partition coefficient (Wildman–Crippen LogP) is 2.76. The van der Waals surface area contributed by atoms with Crippen molar-refractivity contribution in [3.63, 3.8) is 0 Å². The molecule has 0 spiro atoms. The van der Waals surface area contributed by atoms with Gasteiger partial charge in [-0.25, -0.2) is 0 Å². The van der Waals surface area contributed by atoms with Crippen LogP contribution in [0.1, 0.15) is 5.69 Å². The summed E-state index contributed by atoms with van der Waals surface area (Å²) in [4.78, 5) is 4.42. The van der Waals surface area contributed by atoms with Gasteiger partial charge in [0.1, 0.15) is 0 Å². The Hall–Kier alpha value is -0.930. The second-order valence-corrected chi connectivity index (χ2v) is 4.39. The molecule has 1 N–H and O–H groups in total. The van der Waals surface area contributed by atoms with Crippen LogP contribution in [-0.2, 0) is 6.42 Å². The Morgan fingerprint density at radius 1 is 1.33 bits per heavy atom. The van der Waals surface area contributed by atoms with Gasteiger partial charge in [-0.2, -0.15) is 0 Å². The normalized spacial score (nSPS) is 10.8. The molecule has 0 aliphatic heterocycles. The molecule has 0 saturated heterocycles. The van der Waals surface area contributed by atoms with Crippen LogP contribution >= 0.6 is 15.9 Å². The summed E-state index contributed by atoms with van der Waals surface area (Å²) in [5.74, 6) is 0. The van der Waals surface area contributed by atoms with Crippen LogP contribution in [0.15, 0.2) is 34.9 Å². The summed E-state index contributed by atoms with van der Waals surface area (Å²) >= 11 is 3.48. The maximum Gasteiger partial charge on any atom is 0.0494 e. The third-order valence-corrected chi connectivity index (χ3v) is 2.91. The zero-order chi connectivity index (χ0) is 10.7. The molecule has 0 aliphatic carbocycles. The molecule has 0 atom stereocenters. The summed E-state index contributed by atoms with van der Waals surface area (Å²) in [5, 5.41) is 5.63. The second-order valence-electron chi connectivity index (χ2n) is 3.48. The van der Waals surface area contributed by atoms with Crippen molar-refractivity contribution < 1.29 is 0 Å². The van der Waals surface area contributed by atoms with Gasteiger partial charge >= 0.3 is 0 Å². The first-order valence-electron chi connectivity index (χ1n) is 4.99. The molecule has 0 fully saturated rings. The lowest BCUT2D eigenvalue weighted by Crippen LogP contribution is -2.11. The molecule has 3 heteroatoms. The van der Waals surface area contributed by atoms with Crippen molar-refractivity contribution in [2.75, 3.05) is 13.6 Å². The predicted molar refractivity (Wildman–Crippen MR) is 67.1 cm³/mol. The Morgan fingerprint density at radius 3 is 3.00 bits per heavy atom. The number of aromatic nitrogens is 1. The first kappa shape index (κ1) is 10.6. The molecule has 2 nitrogen and oxygen atoms in total. The summed E-state index contributed by atoms with van der Waals surface area (Å²) in [5.41, 5.74) is 1.16. The van der Waals surface area contributed by atoms with E-state index in [-0.39, 0.29) is 0 Å². The van der Waals surface area contributed by atoms with Crippen LogP contribution in [0.2, 0.25) is 0 Å². The summed E-state index contributed by atoms with van der Waals surface area (Å²) in [6.07, 6.45) is 2.84. The number of halogens is 1. The number of nitrogens with one attached hydrogen (secondary N) is 1. The Labute approximate surface area is 97.8 Å². The molecule has 0 amide bonds. The lowest BCUT2D eigenvalue weighted by Gasteiger charge is -2.05. The minimum absolute atomic E-state index is 0.960. The van der Waals surface area contributed by atoms with E-state index in [0.29, 0.717) is 0 Å². The van der Waals surface area contributed by atoms with Gasteiger partial charge in [-0.15, -0.1) is 0 Å². The van der Waals surface area contributed by atoms with Gasteiger partial charge in [-0.1, -0.05) is 22.0 Å². The molecule has 1 aromatic carbocycles. The first-order chi connectivity index (χ1) is 7.31. The molecule has 2 rings (SSSR count). The molecule has 2 aromatic rings. The van der Waals surface area contributed by atoms with Crippen molar-refractivity contribution in [1.29, 1.82) is 0 Å². The molecular formula is C12H13BrN2. The average molecular weight is 265 g/mol. The first-order valence-corrected chi connectivity index (χ1v) is 5.78. The fourth-order valence-corrected chi connectivity index (χ4v) is 2.03. The molecule has 78 valence electrons. The summed E-state index contributed by atoms with van der Waals surface area (Å²) in [7, 11) is 1.96. The Kier molecular flexibility index (Phi) is 3.34. The van der Waals surface area contributed by atoms with Crippen molar-refractivity contribution in [1.82, 2.24) is 10.3 Å². The van der Waals surface area contributed by atoms with E-state index in [1.54, 1.807) is 0 Å². The van der Waals surface area contributed by atoms with E-state index < -0.39 is 0 Å². The lowest BCUT2D eigenvalue weighted by atomic mass is 10.1. The van der Waals surface area contributed by atoms with Gasteiger partial charge in [0, 0.05) is 34.7 Å². The molecule has 0 radical (unpaired) electrons. The van der Waals surface area contributed by atoms with Gasteiger partial charge in [0.05, 0.1) is 0 Å². The highest BCUT2D eigenvalue weighted by Gasteiger charge is 2.01. The molecule has 0 aliphatic rings. The molecule has 15 heavy (non-hydrogen) atoms. The Balaban J connectivity index is 2.46. The van der Waals surface area contributed by atoms with E-state index in [9.17, 15) is 0 Å². The molecule has 0 saturated carbocycles. The van der Waals surface area contributed by atoms with E-state index in [2.05, 4.69) is 44.4 Å². The minimum atomic E-state index is 0.960. The van der Waals surface area contributed by atoms with Crippen LogP contribution in [0.3, 0.4) is 0 Å². The fourth-order valence-electron chi connectivity index (χ4n) is 1.65. The van der Waals surface area contributed by atoms with Crippen LogP contribution < -0.4 is 5.32 Å². The zero-order valence-electron chi connectivity index (χ0n) is 8.63. The highest BCUT2D eigenvalue weighted by atomic mass is 79.9. The largest absolute Gasteiger partial charge is 0.319 e. The zero-order valence-corrected chi connectivity index (χ0v) is 10.2. The number of hydrogen-bond donors (Lipinski definition) is 1. The monoisotopic (exact) mass is 264 g/mol. The summed E-state index contributed by atoms with van der Waals surface area (Å²) in [6.45, 7) is 0.960. The van der Waals surface area contributed by atoms with Crippen molar-refractivity contribution in [3.8, 4) is 0 Å². The van der Waals surface area contributed by atoms with Gasteiger partial charge in [-0.3, -0.25) is 4.98 Å². The lowest BCUT2D eigenvalue weighted by molar-refractivity contribution is 0.781. The second kappa shape index (κ2) is 4.73. The number of nitrogens with zero attached hydrogens (tertiary/aromatic N) is 1. The summed E-state index contributed by atoms with van der Waals surface area (Å²) in [6, 6.07) is 8.35. The molecular weight excluding hydrogens is 252 g/mol. The number of benzene rings is 1. The number of pyridine rings is 1. The maximum absolute atomic E-state index is 4.42. The van der Waals surface area contributed by atoms with Crippen LogP contribution in [0, 0.1) is 0 Å². The van der Waals surface area contributed by atoms with E-state index in [0.717, 1.165) is 23.1 Å². The molecule has 0 unspecified atom stereocenters. The van der Waals surface area contributed by atoms with Gasteiger partial charge < -0.3 is 5.32 Å². The number of fused-ring (bicyclic) bond motifs is 1. The highest BCUT2D eigenvalue weighted by Crippen LogP contribution is 2.21. The van der Waals surface area contributed by atoms with Gasteiger partial charge in [0.25, 0.3) is 0 Å². The van der Waals surface area contributed by atoms with E-state index in [4.69, 9.17) is 0 Å². The quantitative estimate of drug-likeness (QED) is 0.923. The van der Waals surface area contributed by atoms with E-state index >= 15 is 0 Å². The fraction of sp³-hybridized carbons (Fsp3) is 0.250. The molecule has 1 heterocycles. The van der Waals surface area contributed by atoms with Crippen LogP contribution in [0.5, 0.6) is 0 Å². The van der Waals surface area contributed by atoms with Crippen molar-refractivity contribution in [2.45, 2.75) is 6.42 Å². The van der Waals surface area contributed by atoms with Gasteiger partial charge in [0.15, 0.2) is 0 Å². The third kappa shape index (κ3) is 2.36. The average Bonchev–Trinajstić information content (AvgIpc) is 2.25. The third-order valence-electron chi connectivity index (χ3n) is 2.42. The Morgan fingerprint density at radius 2 is 2.20 bits per heavy atom. The number of rotatable bonds is 3. The molecule has 1 aromatic heterocycles.